The van der Waals surface area contributed by atoms with E-state index in [1.165, 1.54) is 9.87 Å². The summed E-state index contributed by atoms with van der Waals surface area (Å²) in [5.41, 5.74) is 6.25. The summed E-state index contributed by atoms with van der Waals surface area (Å²) in [6, 6.07) is 9.62. The Bertz CT molecular complexity index is 1450. The molecule has 0 saturated carbocycles. The van der Waals surface area contributed by atoms with Crippen molar-refractivity contribution in [3.05, 3.63) is 75.3 Å². The Morgan fingerprint density at radius 3 is 2.50 bits per heavy atom. The third kappa shape index (κ3) is 7.07. The molecule has 0 atom stereocenters. The van der Waals surface area contributed by atoms with Gasteiger partial charge in [-0.05, 0) is 85.1 Å². The van der Waals surface area contributed by atoms with Gasteiger partial charge in [-0.3, -0.25) is 4.31 Å². The molecule has 1 N–H and O–H groups in total. The number of aryl methyl sites for hydroxylation is 4. The molecule has 10 heteroatoms. The molecule has 7 nitrogen and oxygen atoms in total. The number of rotatable bonds is 10. The van der Waals surface area contributed by atoms with Crippen molar-refractivity contribution >= 4 is 68.7 Å². The van der Waals surface area contributed by atoms with Gasteiger partial charge in [0.05, 0.1) is 5.69 Å². The second-order valence-corrected chi connectivity index (χ2v) is 12.7. The third-order valence-corrected chi connectivity index (χ3v) is 9.38. The van der Waals surface area contributed by atoms with Gasteiger partial charge in [0.2, 0.25) is 4.34 Å². The zero-order valence-corrected chi connectivity index (χ0v) is 23.2. The number of sulfonamides is 1. The van der Waals surface area contributed by atoms with Crippen molar-refractivity contribution in [2.75, 3.05) is 10.8 Å². The molecule has 0 amide bonds. The minimum absolute atomic E-state index is 0. The molecule has 1 aliphatic carbocycles. The van der Waals surface area contributed by atoms with Gasteiger partial charge in [0.1, 0.15) is 12.4 Å². The maximum atomic E-state index is 13.8. The van der Waals surface area contributed by atoms with Gasteiger partial charge < -0.3 is 9.84 Å². The average Bonchev–Trinajstić information content (AvgIpc) is 3.48. The molecule has 2 aromatic carbocycles. The Morgan fingerprint density at radius 2 is 1.89 bits per heavy atom. The van der Waals surface area contributed by atoms with Crippen LogP contribution in [0.25, 0.3) is 6.08 Å². The number of carboxylic acids is 1. The summed E-state index contributed by atoms with van der Waals surface area (Å²) in [5, 5.41) is 10.6. The Labute approximate surface area is 250 Å². The fourth-order valence-electron chi connectivity index (χ4n) is 4.41. The topological polar surface area (TPSA) is 96.8 Å². The van der Waals surface area contributed by atoms with Crippen LogP contribution >= 0.6 is 11.3 Å². The number of carboxylic acid groups (broad SMARTS) is 1. The summed E-state index contributed by atoms with van der Waals surface area (Å²) in [4.78, 5) is 15.1. The van der Waals surface area contributed by atoms with Gasteiger partial charge in [-0.2, -0.15) is 8.42 Å². The number of aromatic nitrogens is 1. The van der Waals surface area contributed by atoms with Crippen LogP contribution in [0.15, 0.2) is 46.1 Å². The number of nitrogens with zero attached hydrogens (tertiary/aromatic N) is 2. The molecule has 4 rings (SSSR count). The summed E-state index contributed by atoms with van der Waals surface area (Å²) < 4.78 is 35.4. The minimum atomic E-state index is -3.87. The fourth-order valence-corrected chi connectivity index (χ4v) is 7.17. The van der Waals surface area contributed by atoms with Crippen LogP contribution in [0.4, 0.5) is 5.69 Å². The molecule has 3 aromatic rings. The summed E-state index contributed by atoms with van der Waals surface area (Å²) in [6.07, 6.45) is 5.55. The molecule has 0 unspecified atom stereocenters. The van der Waals surface area contributed by atoms with Gasteiger partial charge in [0, 0.05) is 23.7 Å². The number of carbonyl (C=O) groups is 1. The van der Waals surface area contributed by atoms with Crippen LogP contribution in [0.3, 0.4) is 0 Å². The van der Waals surface area contributed by atoms with Crippen LogP contribution in [0.2, 0.25) is 0 Å². The van der Waals surface area contributed by atoms with E-state index in [-0.39, 0.29) is 46.4 Å². The molecular formula is C28H33N2NaO5S2. The van der Waals surface area contributed by atoms with Crippen LogP contribution in [0.5, 0.6) is 5.75 Å². The van der Waals surface area contributed by atoms with Gasteiger partial charge in [-0.1, -0.05) is 32.0 Å². The van der Waals surface area contributed by atoms with Crippen LogP contribution in [-0.4, -0.2) is 60.6 Å². The summed E-state index contributed by atoms with van der Waals surface area (Å²) in [5.74, 6) is -0.374. The average molecular weight is 565 g/mol. The Balaban J connectivity index is 0.00000400. The molecule has 0 fully saturated rings. The number of fused-ring (bicyclic) bond motifs is 1. The summed E-state index contributed by atoms with van der Waals surface area (Å²) in [7, 11) is -3.87. The van der Waals surface area contributed by atoms with Gasteiger partial charge in [-0.25, -0.2) is 9.78 Å². The van der Waals surface area contributed by atoms with Crippen LogP contribution < -0.4 is 9.04 Å². The number of ether oxygens (including phenoxy) is 1. The molecule has 1 heterocycles. The van der Waals surface area contributed by atoms with Crippen molar-refractivity contribution < 1.29 is 23.1 Å². The predicted molar refractivity (Wildman–Crippen MR) is 154 cm³/mol. The molecule has 198 valence electrons. The number of aliphatic carboxylic acids is 1. The SMILES string of the molecule is Cc1csc(S(=O)(=O)N(CC(C)C)c2cc3c(cc2OCc2ccc(C=CC(=O)O)cc2C)CCC3)n1.[NaH]. The maximum absolute atomic E-state index is 13.8. The molecule has 1 aromatic heterocycles. The summed E-state index contributed by atoms with van der Waals surface area (Å²) in [6.45, 7) is 8.28. The fraction of sp³-hybridized carbons (Fsp3) is 0.357. The van der Waals surface area contributed by atoms with Crippen molar-refractivity contribution in [2.24, 2.45) is 5.92 Å². The number of thiazole rings is 1. The molecular weight excluding hydrogens is 531 g/mol. The van der Waals surface area contributed by atoms with Crippen LogP contribution in [0.1, 0.15) is 53.8 Å². The van der Waals surface area contributed by atoms with Gasteiger partial charge in [0.15, 0.2) is 0 Å². The standard InChI is InChI=1S/C28H32N2O5S2.Na.H/c1-18(2)15-30(37(33,34)28-29-20(4)17-36-28)25-13-22-6-5-7-23(22)14-26(25)35-16-24-10-8-21(12-19(24)3)9-11-27(31)32;;/h8-14,17-18H,5-7,15-16H2,1-4H3,(H,31,32);;. The molecule has 1 aliphatic rings. The molecule has 0 aliphatic heterocycles. The first-order valence-corrected chi connectivity index (χ1v) is 14.6. The van der Waals surface area contributed by atoms with Gasteiger partial charge >= 0.3 is 35.5 Å². The van der Waals surface area contributed by atoms with E-state index in [2.05, 4.69) is 4.98 Å². The molecule has 38 heavy (non-hydrogen) atoms. The Hall–Kier alpha value is -2.17. The van der Waals surface area contributed by atoms with Crippen molar-refractivity contribution in [1.29, 1.82) is 0 Å². The van der Waals surface area contributed by atoms with Crippen molar-refractivity contribution in [3.63, 3.8) is 0 Å². The predicted octanol–water partition coefficient (Wildman–Crippen LogP) is 5.13. The second-order valence-electron chi connectivity index (χ2n) is 9.77. The second kappa shape index (κ2) is 12.8. The first-order chi connectivity index (χ1) is 17.5. The van der Waals surface area contributed by atoms with Crippen molar-refractivity contribution in [1.82, 2.24) is 4.98 Å². The van der Waals surface area contributed by atoms with E-state index in [1.54, 1.807) is 18.4 Å². The number of hydrogen-bond acceptors (Lipinski definition) is 6. The molecule has 0 radical (unpaired) electrons. The van der Waals surface area contributed by atoms with E-state index in [0.29, 0.717) is 23.7 Å². The van der Waals surface area contributed by atoms with E-state index < -0.39 is 16.0 Å². The van der Waals surface area contributed by atoms with Crippen molar-refractivity contribution in [2.45, 2.75) is 57.9 Å². The van der Waals surface area contributed by atoms with E-state index in [9.17, 15) is 13.2 Å². The van der Waals surface area contributed by atoms with E-state index in [1.807, 2.05) is 51.1 Å². The quantitative estimate of drug-likeness (QED) is 0.271. The molecule has 0 bridgehead atoms. The Kier molecular flexibility index (Phi) is 10.2. The zero-order valence-electron chi connectivity index (χ0n) is 21.5. The summed E-state index contributed by atoms with van der Waals surface area (Å²) >= 11 is 1.13. The van der Waals surface area contributed by atoms with Gasteiger partial charge in [-0.15, -0.1) is 11.3 Å². The van der Waals surface area contributed by atoms with E-state index in [0.717, 1.165) is 58.9 Å². The first-order valence-electron chi connectivity index (χ1n) is 12.3. The normalized spacial score (nSPS) is 13.0. The number of hydrogen-bond donors (Lipinski definition) is 1. The Morgan fingerprint density at radius 1 is 1.18 bits per heavy atom. The van der Waals surface area contributed by atoms with Gasteiger partial charge in [0.25, 0.3) is 10.0 Å². The zero-order chi connectivity index (χ0) is 26.7. The first kappa shape index (κ1) is 30.4. The molecule has 0 spiro atoms. The molecule has 0 saturated heterocycles. The third-order valence-electron chi connectivity index (χ3n) is 6.25. The van der Waals surface area contributed by atoms with Crippen LogP contribution in [0, 0.1) is 19.8 Å². The van der Waals surface area contributed by atoms with E-state index >= 15 is 0 Å². The monoisotopic (exact) mass is 564 g/mol. The van der Waals surface area contributed by atoms with Crippen molar-refractivity contribution in [3.8, 4) is 5.75 Å². The van der Waals surface area contributed by atoms with Crippen LogP contribution in [-0.2, 0) is 34.3 Å². The van der Waals surface area contributed by atoms with E-state index in [4.69, 9.17) is 9.84 Å². The number of benzene rings is 2. The number of anilines is 1.